The molecule has 6 nitrogen and oxygen atoms in total. The van der Waals surface area contributed by atoms with Gasteiger partial charge in [0.25, 0.3) is 5.91 Å². The lowest BCUT2D eigenvalue weighted by Crippen LogP contribution is -2.35. The van der Waals surface area contributed by atoms with E-state index in [1.54, 1.807) is 24.3 Å². The summed E-state index contributed by atoms with van der Waals surface area (Å²) in [5.41, 5.74) is 4.05. The van der Waals surface area contributed by atoms with Gasteiger partial charge in [0.05, 0.1) is 0 Å². The quantitative estimate of drug-likeness (QED) is 0.597. The molecule has 3 N–H and O–H groups in total. The van der Waals surface area contributed by atoms with Crippen molar-refractivity contribution in [1.82, 2.24) is 15.8 Å². The first kappa shape index (κ1) is 13.5. The minimum atomic E-state index is -1.27. The Morgan fingerprint density at radius 2 is 1.71 bits per heavy atom. The van der Waals surface area contributed by atoms with Crippen molar-refractivity contribution < 1.29 is 9.32 Å². The Bertz CT molecular complexity index is 649. The average Bonchev–Trinajstić information content (AvgIpc) is 3.03. The third-order valence-corrected chi connectivity index (χ3v) is 3.70. The highest BCUT2D eigenvalue weighted by molar-refractivity contribution is 7.49. The first-order chi connectivity index (χ1) is 10.3. The molecule has 1 aliphatic heterocycles. The largest absolute Gasteiger partial charge is 0.418 e. The van der Waals surface area contributed by atoms with E-state index in [0.29, 0.717) is 11.5 Å². The van der Waals surface area contributed by atoms with Crippen LogP contribution in [0, 0.1) is 0 Å². The minimum Gasteiger partial charge on any atom is -0.418 e. The molecule has 1 amide bonds. The Hall–Kier alpha value is -2.43. The first-order valence-electron chi connectivity index (χ1n) is 6.31. The maximum Gasteiger partial charge on any atom is 0.310 e. The molecule has 3 rings (SSSR count). The minimum absolute atomic E-state index is 0.225. The standard InChI is InChI=1S/C14H13N4O2P/c19-13(11-7-3-1-4-8-11)15-17-21-18-16-14(20-21)12-9-5-2-6-10-12/h1-10,17-18H,(H,15,19). The van der Waals surface area contributed by atoms with Gasteiger partial charge in [-0.25, -0.2) is 5.20 Å². The molecule has 21 heavy (non-hydrogen) atoms. The molecule has 0 radical (unpaired) electrons. The highest BCUT2D eigenvalue weighted by atomic mass is 31.2. The maximum absolute atomic E-state index is 11.9. The molecule has 0 saturated heterocycles. The molecule has 1 aliphatic rings. The zero-order valence-electron chi connectivity index (χ0n) is 11.0. The summed E-state index contributed by atoms with van der Waals surface area (Å²) in [7, 11) is -1.27. The van der Waals surface area contributed by atoms with Gasteiger partial charge in [-0.3, -0.25) is 10.2 Å². The summed E-state index contributed by atoms with van der Waals surface area (Å²) in [6.07, 6.45) is 0. The lowest BCUT2D eigenvalue weighted by molar-refractivity contribution is 0.0945. The summed E-state index contributed by atoms with van der Waals surface area (Å²) >= 11 is 0. The Morgan fingerprint density at radius 1 is 1.05 bits per heavy atom. The van der Waals surface area contributed by atoms with E-state index in [0.717, 1.165) is 5.56 Å². The fourth-order valence-corrected chi connectivity index (χ4v) is 2.57. The molecule has 1 heterocycles. The van der Waals surface area contributed by atoms with E-state index in [9.17, 15) is 4.79 Å². The Balaban J connectivity index is 1.52. The van der Waals surface area contributed by atoms with Crippen molar-refractivity contribution in [3.63, 3.8) is 0 Å². The predicted molar refractivity (Wildman–Crippen MR) is 81.2 cm³/mol. The predicted octanol–water partition coefficient (Wildman–Crippen LogP) is 2.13. The van der Waals surface area contributed by atoms with Gasteiger partial charge in [0.2, 0.25) is 5.90 Å². The number of hydrogen-bond donors (Lipinski definition) is 3. The van der Waals surface area contributed by atoms with Crippen molar-refractivity contribution in [3.05, 3.63) is 71.8 Å². The van der Waals surface area contributed by atoms with Gasteiger partial charge < -0.3 is 4.52 Å². The molecular formula is C14H13N4O2P. The second kappa shape index (κ2) is 6.35. The van der Waals surface area contributed by atoms with Crippen LogP contribution in [0.3, 0.4) is 0 Å². The van der Waals surface area contributed by atoms with Crippen molar-refractivity contribution in [2.45, 2.75) is 0 Å². The summed E-state index contributed by atoms with van der Waals surface area (Å²) in [6, 6.07) is 18.5. The van der Waals surface area contributed by atoms with Crippen LogP contribution in [0.2, 0.25) is 0 Å². The molecule has 106 valence electrons. The number of benzene rings is 2. The van der Waals surface area contributed by atoms with Crippen molar-refractivity contribution >= 4 is 20.3 Å². The maximum atomic E-state index is 11.9. The molecule has 7 heteroatoms. The molecule has 2 aromatic rings. The normalized spacial score (nSPS) is 16.6. The van der Waals surface area contributed by atoms with Crippen molar-refractivity contribution in [2.24, 2.45) is 5.10 Å². The molecule has 1 unspecified atom stereocenters. The zero-order valence-corrected chi connectivity index (χ0v) is 11.9. The fourth-order valence-electron chi connectivity index (χ4n) is 1.73. The highest BCUT2D eigenvalue weighted by Crippen LogP contribution is 2.32. The van der Waals surface area contributed by atoms with Crippen LogP contribution in [0.5, 0.6) is 0 Å². The molecule has 1 atom stereocenters. The van der Waals surface area contributed by atoms with Gasteiger partial charge in [-0.2, -0.15) is 5.20 Å². The van der Waals surface area contributed by atoms with E-state index in [1.165, 1.54) is 0 Å². The van der Waals surface area contributed by atoms with Gasteiger partial charge >= 0.3 is 8.45 Å². The van der Waals surface area contributed by atoms with E-state index >= 15 is 0 Å². The summed E-state index contributed by atoms with van der Waals surface area (Å²) < 4.78 is 5.61. The summed E-state index contributed by atoms with van der Waals surface area (Å²) in [5.74, 6) is 0.278. The van der Waals surface area contributed by atoms with Crippen LogP contribution in [-0.4, -0.2) is 11.8 Å². The zero-order chi connectivity index (χ0) is 14.5. The third-order valence-electron chi connectivity index (χ3n) is 2.75. The molecule has 0 bridgehead atoms. The number of carbonyl (C=O) groups excluding carboxylic acids is 1. The summed E-state index contributed by atoms with van der Waals surface area (Å²) in [5, 5.41) is 9.71. The third kappa shape index (κ3) is 3.37. The lowest BCUT2D eigenvalue weighted by atomic mass is 10.2. The molecular weight excluding hydrogens is 287 g/mol. The Labute approximate surface area is 123 Å². The molecule has 2 aromatic carbocycles. The average molecular weight is 300 g/mol. The Morgan fingerprint density at radius 3 is 2.43 bits per heavy atom. The van der Waals surface area contributed by atoms with Gasteiger partial charge in [0, 0.05) is 11.1 Å². The summed E-state index contributed by atoms with van der Waals surface area (Å²) in [4.78, 5) is 11.9. The van der Waals surface area contributed by atoms with Gasteiger partial charge in [0.15, 0.2) is 0 Å². The topological polar surface area (TPSA) is 74.8 Å². The van der Waals surface area contributed by atoms with Crippen LogP contribution in [-0.2, 0) is 4.52 Å². The van der Waals surface area contributed by atoms with Gasteiger partial charge in [-0.15, -0.1) is 5.10 Å². The number of nitrogens with one attached hydrogen (secondary N) is 3. The van der Waals surface area contributed by atoms with Gasteiger partial charge in [-0.05, 0) is 24.3 Å². The second-order valence-electron chi connectivity index (χ2n) is 4.20. The van der Waals surface area contributed by atoms with Crippen LogP contribution in [0.1, 0.15) is 15.9 Å². The fraction of sp³-hybridized carbons (Fsp3) is 0. The molecule has 0 saturated carbocycles. The monoisotopic (exact) mass is 300 g/mol. The van der Waals surface area contributed by atoms with Crippen LogP contribution < -0.4 is 15.8 Å². The Kier molecular flexibility index (Phi) is 4.09. The van der Waals surface area contributed by atoms with Crippen LogP contribution in [0.25, 0.3) is 0 Å². The van der Waals surface area contributed by atoms with Crippen molar-refractivity contribution in [3.8, 4) is 0 Å². The second-order valence-corrected chi connectivity index (χ2v) is 5.40. The SMILES string of the molecule is O=C(NNP1NN=C(c2ccccc2)O1)c1ccccc1. The van der Waals surface area contributed by atoms with Gasteiger partial charge in [-0.1, -0.05) is 36.4 Å². The van der Waals surface area contributed by atoms with E-state index < -0.39 is 8.45 Å². The number of carbonyl (C=O) groups is 1. The first-order valence-corrected chi connectivity index (χ1v) is 7.57. The van der Waals surface area contributed by atoms with Crippen LogP contribution in [0.4, 0.5) is 0 Å². The van der Waals surface area contributed by atoms with E-state index in [4.69, 9.17) is 4.52 Å². The van der Waals surface area contributed by atoms with E-state index in [2.05, 4.69) is 20.9 Å². The molecule has 0 fully saturated rings. The number of hydrazone groups is 1. The van der Waals surface area contributed by atoms with Crippen LogP contribution in [0.15, 0.2) is 65.8 Å². The van der Waals surface area contributed by atoms with E-state index in [1.807, 2.05) is 36.4 Å². The number of nitrogens with zero attached hydrogens (tertiary/aromatic N) is 1. The summed E-state index contributed by atoms with van der Waals surface area (Å²) in [6.45, 7) is 0. The molecule has 0 spiro atoms. The van der Waals surface area contributed by atoms with Gasteiger partial charge in [0.1, 0.15) is 0 Å². The highest BCUT2D eigenvalue weighted by Gasteiger charge is 2.22. The van der Waals surface area contributed by atoms with Crippen molar-refractivity contribution in [1.29, 1.82) is 0 Å². The molecule has 0 aliphatic carbocycles. The van der Waals surface area contributed by atoms with E-state index in [-0.39, 0.29) is 5.91 Å². The smallest absolute Gasteiger partial charge is 0.310 e. The number of hydrogen-bond acceptors (Lipinski definition) is 5. The number of hydrazine groups is 1. The number of amides is 1. The molecule has 0 aromatic heterocycles. The number of rotatable bonds is 4. The lowest BCUT2D eigenvalue weighted by Gasteiger charge is -2.12. The van der Waals surface area contributed by atoms with Crippen LogP contribution >= 0.6 is 8.45 Å². The van der Waals surface area contributed by atoms with Crippen molar-refractivity contribution in [2.75, 3.05) is 0 Å².